The van der Waals surface area contributed by atoms with Crippen LogP contribution in [0.1, 0.15) is 21.6 Å². The van der Waals surface area contributed by atoms with Crippen molar-refractivity contribution in [1.29, 1.82) is 0 Å². The Labute approximate surface area is 192 Å². The van der Waals surface area contributed by atoms with E-state index in [4.69, 9.17) is 5.10 Å². The van der Waals surface area contributed by atoms with Crippen LogP contribution in [0, 0.1) is 6.92 Å². The highest BCUT2D eigenvalue weighted by Gasteiger charge is 2.23. The first-order valence-electron chi connectivity index (χ1n) is 10.8. The van der Waals surface area contributed by atoms with Crippen LogP contribution in [0.25, 0.3) is 16.9 Å². The van der Waals surface area contributed by atoms with E-state index in [9.17, 15) is 4.79 Å². The van der Waals surface area contributed by atoms with Gasteiger partial charge in [0.15, 0.2) is 0 Å². The number of nitrogens with zero attached hydrogens (tertiary/aromatic N) is 4. The molecule has 5 rings (SSSR count). The second-order valence-corrected chi connectivity index (χ2v) is 7.78. The van der Waals surface area contributed by atoms with E-state index >= 15 is 0 Å². The Kier molecular flexibility index (Phi) is 5.55. The zero-order chi connectivity index (χ0) is 22.6. The predicted molar refractivity (Wildman–Crippen MR) is 129 cm³/mol. The van der Waals surface area contributed by atoms with Gasteiger partial charge in [0.1, 0.15) is 5.69 Å². The maximum Gasteiger partial charge on any atom is 0.259 e. The summed E-state index contributed by atoms with van der Waals surface area (Å²) in [6.45, 7) is 2.61. The van der Waals surface area contributed by atoms with Crippen molar-refractivity contribution in [3.63, 3.8) is 0 Å². The highest BCUT2D eigenvalue weighted by molar-refractivity contribution is 6.09. The van der Waals surface area contributed by atoms with Crippen molar-refractivity contribution >= 4 is 11.6 Å². The van der Waals surface area contributed by atoms with Gasteiger partial charge in [-0.3, -0.25) is 9.48 Å². The molecule has 0 spiro atoms. The summed E-state index contributed by atoms with van der Waals surface area (Å²) in [5, 5.41) is 12.1. The largest absolute Gasteiger partial charge is 0.322 e. The first-order valence-corrected chi connectivity index (χ1v) is 10.8. The van der Waals surface area contributed by atoms with E-state index in [-0.39, 0.29) is 5.91 Å². The van der Waals surface area contributed by atoms with Gasteiger partial charge in [0.05, 0.1) is 23.5 Å². The van der Waals surface area contributed by atoms with Crippen LogP contribution in [0.15, 0.2) is 103 Å². The molecule has 0 aliphatic carbocycles. The summed E-state index contributed by atoms with van der Waals surface area (Å²) >= 11 is 0. The van der Waals surface area contributed by atoms with Crippen LogP contribution >= 0.6 is 0 Å². The number of benzene rings is 3. The first kappa shape index (κ1) is 20.5. The molecule has 6 heteroatoms. The number of anilines is 1. The van der Waals surface area contributed by atoms with Crippen LogP contribution in [0.5, 0.6) is 0 Å². The molecule has 33 heavy (non-hydrogen) atoms. The van der Waals surface area contributed by atoms with Crippen LogP contribution in [-0.4, -0.2) is 25.5 Å². The van der Waals surface area contributed by atoms with E-state index in [2.05, 4.69) is 10.4 Å². The van der Waals surface area contributed by atoms with E-state index in [0.717, 1.165) is 28.2 Å². The van der Waals surface area contributed by atoms with Crippen LogP contribution < -0.4 is 5.32 Å². The van der Waals surface area contributed by atoms with Gasteiger partial charge in [0, 0.05) is 23.6 Å². The maximum atomic E-state index is 13.4. The highest BCUT2D eigenvalue weighted by Crippen LogP contribution is 2.28. The van der Waals surface area contributed by atoms with Gasteiger partial charge in [-0.25, -0.2) is 4.68 Å². The quantitative estimate of drug-likeness (QED) is 0.393. The first-order chi connectivity index (χ1) is 16.2. The molecule has 6 nitrogen and oxygen atoms in total. The fourth-order valence-corrected chi connectivity index (χ4v) is 3.86. The summed E-state index contributed by atoms with van der Waals surface area (Å²) in [5.74, 6) is -0.187. The highest BCUT2D eigenvalue weighted by atomic mass is 16.1. The van der Waals surface area contributed by atoms with E-state index in [0.29, 0.717) is 17.8 Å². The van der Waals surface area contributed by atoms with Crippen molar-refractivity contribution in [3.05, 3.63) is 120 Å². The minimum atomic E-state index is -0.187. The van der Waals surface area contributed by atoms with Crippen molar-refractivity contribution in [2.24, 2.45) is 0 Å². The number of carbonyl (C=O) groups is 1. The van der Waals surface area contributed by atoms with Gasteiger partial charge >= 0.3 is 0 Å². The van der Waals surface area contributed by atoms with Gasteiger partial charge in [-0.2, -0.15) is 10.2 Å². The van der Waals surface area contributed by atoms with Crippen molar-refractivity contribution in [2.45, 2.75) is 13.5 Å². The number of amides is 1. The normalized spacial score (nSPS) is 10.8. The average molecular weight is 434 g/mol. The number of hydrogen-bond donors (Lipinski definition) is 1. The molecular formula is C27H23N5O. The zero-order valence-electron chi connectivity index (χ0n) is 18.2. The van der Waals surface area contributed by atoms with E-state index < -0.39 is 0 Å². The summed E-state index contributed by atoms with van der Waals surface area (Å²) in [5.41, 5.74) is 5.65. The molecule has 0 saturated heterocycles. The van der Waals surface area contributed by atoms with Gasteiger partial charge in [-0.05, 0) is 42.8 Å². The average Bonchev–Trinajstić information content (AvgIpc) is 3.49. The molecule has 162 valence electrons. The fourth-order valence-electron chi connectivity index (χ4n) is 3.86. The van der Waals surface area contributed by atoms with Gasteiger partial charge in [-0.1, -0.05) is 60.7 Å². The van der Waals surface area contributed by atoms with Crippen molar-refractivity contribution < 1.29 is 4.79 Å². The number of hydrogen-bond acceptors (Lipinski definition) is 3. The van der Waals surface area contributed by atoms with E-state index in [1.165, 1.54) is 0 Å². The predicted octanol–water partition coefficient (Wildman–Crippen LogP) is 5.34. The third kappa shape index (κ3) is 4.32. The minimum Gasteiger partial charge on any atom is -0.322 e. The topological polar surface area (TPSA) is 64.7 Å². The van der Waals surface area contributed by atoms with Crippen molar-refractivity contribution in [3.8, 4) is 16.9 Å². The molecule has 3 aromatic carbocycles. The molecule has 2 aromatic heterocycles. The number of aromatic nitrogens is 4. The SMILES string of the molecule is Cc1c(C(=O)Nc2ccc(Cn3cccn3)cc2)c(-c2ccccc2)nn1-c1ccccc1. The molecule has 0 aliphatic heterocycles. The monoisotopic (exact) mass is 433 g/mol. The lowest BCUT2D eigenvalue weighted by Gasteiger charge is -2.09. The van der Waals surface area contributed by atoms with E-state index in [1.54, 1.807) is 6.20 Å². The molecule has 0 unspecified atom stereocenters. The van der Waals surface area contributed by atoms with Gasteiger partial charge in [0.25, 0.3) is 5.91 Å². The molecule has 2 heterocycles. The second kappa shape index (κ2) is 8.96. The summed E-state index contributed by atoms with van der Waals surface area (Å²) in [6.07, 6.45) is 3.69. The molecule has 1 amide bonds. The lowest BCUT2D eigenvalue weighted by molar-refractivity contribution is 0.102. The standard InChI is InChI=1S/C27H23N5O/c1-20-25(27(33)29-23-15-13-21(14-16-23)19-31-18-8-17-28-31)26(22-9-4-2-5-10-22)30-32(20)24-11-6-3-7-12-24/h2-18H,19H2,1H3,(H,29,33). The number of nitrogens with one attached hydrogen (secondary N) is 1. The van der Waals surface area contributed by atoms with Crippen LogP contribution in [0.2, 0.25) is 0 Å². The zero-order valence-corrected chi connectivity index (χ0v) is 18.2. The third-order valence-electron chi connectivity index (χ3n) is 5.51. The van der Waals surface area contributed by atoms with Gasteiger partial charge < -0.3 is 5.32 Å². The fraction of sp³-hybridized carbons (Fsp3) is 0.0741. The Morgan fingerprint density at radius 3 is 2.24 bits per heavy atom. The summed E-state index contributed by atoms with van der Waals surface area (Å²) in [6, 6.07) is 29.4. The number of carbonyl (C=O) groups excluding carboxylic acids is 1. The Morgan fingerprint density at radius 1 is 0.879 bits per heavy atom. The lowest BCUT2D eigenvalue weighted by atomic mass is 10.1. The Hall–Kier alpha value is -4.45. The lowest BCUT2D eigenvalue weighted by Crippen LogP contribution is -2.14. The third-order valence-corrected chi connectivity index (χ3v) is 5.51. The number of rotatable bonds is 6. The summed E-state index contributed by atoms with van der Waals surface area (Å²) in [4.78, 5) is 13.4. The van der Waals surface area contributed by atoms with Gasteiger partial charge in [0.2, 0.25) is 0 Å². The van der Waals surface area contributed by atoms with E-state index in [1.807, 2.05) is 113 Å². The molecule has 0 radical (unpaired) electrons. The van der Waals surface area contributed by atoms with Crippen LogP contribution in [-0.2, 0) is 6.54 Å². The molecule has 1 N–H and O–H groups in total. The Morgan fingerprint density at radius 2 is 1.58 bits per heavy atom. The van der Waals surface area contributed by atoms with Crippen LogP contribution in [0.3, 0.4) is 0 Å². The molecule has 5 aromatic rings. The molecule has 0 atom stereocenters. The minimum absolute atomic E-state index is 0.187. The van der Waals surface area contributed by atoms with Gasteiger partial charge in [-0.15, -0.1) is 0 Å². The summed E-state index contributed by atoms with van der Waals surface area (Å²) < 4.78 is 3.69. The maximum absolute atomic E-state index is 13.4. The Balaban J connectivity index is 1.46. The smallest absolute Gasteiger partial charge is 0.259 e. The molecule has 0 saturated carbocycles. The molecule has 0 bridgehead atoms. The summed E-state index contributed by atoms with van der Waals surface area (Å²) in [7, 11) is 0. The van der Waals surface area contributed by atoms with Crippen molar-refractivity contribution in [2.75, 3.05) is 5.32 Å². The molecular weight excluding hydrogens is 410 g/mol. The number of para-hydroxylation sites is 1. The van der Waals surface area contributed by atoms with Crippen molar-refractivity contribution in [1.82, 2.24) is 19.6 Å². The molecule has 0 fully saturated rings. The second-order valence-electron chi connectivity index (χ2n) is 7.78. The Bertz CT molecular complexity index is 1360. The van der Waals surface area contributed by atoms with Crippen LogP contribution in [0.4, 0.5) is 5.69 Å². The molecule has 0 aliphatic rings.